The summed E-state index contributed by atoms with van der Waals surface area (Å²) in [5.74, 6) is -0.0971. The maximum atomic E-state index is 12.2. The number of benzene rings is 1. The Morgan fingerprint density at radius 1 is 1.42 bits per heavy atom. The fraction of sp³-hybridized carbons (Fsp3) is 0.462. The highest BCUT2D eigenvalue weighted by molar-refractivity contribution is 9.10. The first kappa shape index (κ1) is 14.5. The van der Waals surface area contributed by atoms with Crippen molar-refractivity contribution in [2.45, 2.75) is 25.8 Å². The van der Waals surface area contributed by atoms with Gasteiger partial charge in [-0.3, -0.25) is 4.79 Å². The Balaban J connectivity index is 2.18. The van der Waals surface area contributed by atoms with Crippen molar-refractivity contribution >= 4 is 31.7 Å². The minimum Gasteiger partial charge on any atom is -0.346 e. The Kier molecular flexibility index (Phi) is 3.75. The number of halogens is 1. The van der Waals surface area contributed by atoms with Gasteiger partial charge in [-0.05, 0) is 53.9 Å². The summed E-state index contributed by atoms with van der Waals surface area (Å²) in [6, 6.07) is 5.46. The van der Waals surface area contributed by atoms with E-state index in [2.05, 4.69) is 21.2 Å². The van der Waals surface area contributed by atoms with E-state index in [0.717, 1.165) is 10.0 Å². The fourth-order valence-corrected chi connectivity index (χ4v) is 5.02. The number of carbonyl (C=O) groups excluding carboxylic acids is 1. The molecule has 1 heterocycles. The Morgan fingerprint density at radius 2 is 2.11 bits per heavy atom. The molecule has 4 nitrogen and oxygen atoms in total. The van der Waals surface area contributed by atoms with Crippen molar-refractivity contribution in [3.8, 4) is 0 Å². The van der Waals surface area contributed by atoms with Crippen LogP contribution >= 0.6 is 15.9 Å². The third-order valence-electron chi connectivity index (χ3n) is 3.29. The van der Waals surface area contributed by atoms with Gasteiger partial charge < -0.3 is 5.32 Å². The van der Waals surface area contributed by atoms with Crippen LogP contribution in [0.5, 0.6) is 0 Å². The molecule has 6 heteroatoms. The van der Waals surface area contributed by atoms with Gasteiger partial charge in [0.1, 0.15) is 0 Å². The summed E-state index contributed by atoms with van der Waals surface area (Å²) in [6.07, 6.45) is 0.463. The normalized spacial score (nSPS) is 25.2. The second-order valence-electron chi connectivity index (χ2n) is 5.34. The third kappa shape index (κ3) is 3.36. The van der Waals surface area contributed by atoms with Crippen molar-refractivity contribution in [1.29, 1.82) is 0 Å². The van der Waals surface area contributed by atoms with Crippen LogP contribution < -0.4 is 5.32 Å². The molecule has 104 valence electrons. The predicted octanol–water partition coefficient (Wildman–Crippen LogP) is 2.06. The molecule has 1 aromatic rings. The number of hydrogen-bond donors (Lipinski definition) is 1. The van der Waals surface area contributed by atoms with Gasteiger partial charge in [-0.15, -0.1) is 0 Å². The number of rotatable bonds is 2. The van der Waals surface area contributed by atoms with Crippen LogP contribution in [0.25, 0.3) is 0 Å². The molecule has 0 saturated carbocycles. The van der Waals surface area contributed by atoms with Crippen molar-refractivity contribution in [1.82, 2.24) is 5.32 Å². The quantitative estimate of drug-likeness (QED) is 0.892. The van der Waals surface area contributed by atoms with E-state index in [1.165, 1.54) is 0 Å². The second-order valence-corrected chi connectivity index (χ2v) is 8.38. The molecule has 0 aliphatic carbocycles. The van der Waals surface area contributed by atoms with Crippen molar-refractivity contribution < 1.29 is 13.2 Å². The van der Waals surface area contributed by atoms with Crippen LogP contribution in [0.4, 0.5) is 0 Å². The zero-order valence-corrected chi connectivity index (χ0v) is 13.3. The number of carbonyl (C=O) groups is 1. The summed E-state index contributed by atoms with van der Waals surface area (Å²) < 4.78 is 23.7. The van der Waals surface area contributed by atoms with E-state index in [1.54, 1.807) is 13.0 Å². The largest absolute Gasteiger partial charge is 0.346 e. The molecule has 1 saturated heterocycles. The van der Waals surface area contributed by atoms with Gasteiger partial charge in [-0.1, -0.05) is 6.07 Å². The van der Waals surface area contributed by atoms with E-state index in [1.807, 2.05) is 19.1 Å². The van der Waals surface area contributed by atoms with E-state index >= 15 is 0 Å². The summed E-state index contributed by atoms with van der Waals surface area (Å²) in [5, 5.41) is 2.84. The van der Waals surface area contributed by atoms with Gasteiger partial charge in [0, 0.05) is 4.47 Å². The van der Waals surface area contributed by atoms with Crippen LogP contribution in [0.1, 0.15) is 29.3 Å². The van der Waals surface area contributed by atoms with Crippen LogP contribution in [0.3, 0.4) is 0 Å². The van der Waals surface area contributed by atoms with Crippen LogP contribution in [0.2, 0.25) is 0 Å². The van der Waals surface area contributed by atoms with E-state index in [4.69, 9.17) is 0 Å². The Hall–Kier alpha value is -0.880. The van der Waals surface area contributed by atoms with Gasteiger partial charge in [-0.2, -0.15) is 0 Å². The van der Waals surface area contributed by atoms with Gasteiger partial charge in [-0.25, -0.2) is 8.42 Å². The number of nitrogens with one attached hydrogen (secondary N) is 1. The monoisotopic (exact) mass is 345 g/mol. The molecule has 1 aliphatic rings. The fourth-order valence-electron chi connectivity index (χ4n) is 2.25. The van der Waals surface area contributed by atoms with Gasteiger partial charge >= 0.3 is 0 Å². The first-order valence-corrected chi connectivity index (χ1v) is 8.61. The zero-order chi connectivity index (χ0) is 14.3. The molecule has 1 N–H and O–H groups in total. The topological polar surface area (TPSA) is 63.2 Å². The number of amides is 1. The minimum atomic E-state index is -3.03. The lowest BCUT2D eigenvalue weighted by molar-refractivity contribution is 0.0914. The van der Waals surface area contributed by atoms with Crippen LogP contribution in [0.15, 0.2) is 22.7 Å². The number of aryl methyl sites for hydroxylation is 1. The highest BCUT2D eigenvalue weighted by atomic mass is 79.9. The van der Waals surface area contributed by atoms with Crippen LogP contribution in [0, 0.1) is 6.92 Å². The van der Waals surface area contributed by atoms with Crippen molar-refractivity contribution in [2.24, 2.45) is 0 Å². The maximum Gasteiger partial charge on any atom is 0.252 e. The molecule has 1 atom stereocenters. The highest BCUT2D eigenvalue weighted by Gasteiger charge is 2.39. The van der Waals surface area contributed by atoms with Gasteiger partial charge in [0.15, 0.2) is 9.84 Å². The van der Waals surface area contributed by atoms with Crippen LogP contribution in [-0.4, -0.2) is 31.4 Å². The van der Waals surface area contributed by atoms with E-state index < -0.39 is 15.4 Å². The van der Waals surface area contributed by atoms with Crippen molar-refractivity contribution in [2.75, 3.05) is 11.5 Å². The number of sulfone groups is 1. The lowest BCUT2D eigenvalue weighted by Gasteiger charge is -2.24. The van der Waals surface area contributed by atoms with Crippen molar-refractivity contribution in [3.63, 3.8) is 0 Å². The smallest absolute Gasteiger partial charge is 0.252 e. The molecular weight excluding hydrogens is 330 g/mol. The lowest BCUT2D eigenvalue weighted by Crippen LogP contribution is -2.47. The minimum absolute atomic E-state index is 0.00915. The molecule has 2 rings (SSSR count). The molecule has 0 aromatic heterocycles. The first-order chi connectivity index (χ1) is 8.71. The Labute approximate surface area is 121 Å². The maximum absolute atomic E-state index is 12.2. The second kappa shape index (κ2) is 4.90. The van der Waals surface area contributed by atoms with E-state index in [-0.39, 0.29) is 17.4 Å². The van der Waals surface area contributed by atoms with Gasteiger partial charge in [0.25, 0.3) is 5.91 Å². The highest BCUT2D eigenvalue weighted by Crippen LogP contribution is 2.25. The average molecular weight is 346 g/mol. The summed E-state index contributed by atoms with van der Waals surface area (Å²) in [6.45, 7) is 3.72. The molecule has 1 amide bonds. The van der Waals surface area contributed by atoms with Gasteiger partial charge in [0.05, 0.1) is 22.6 Å². The van der Waals surface area contributed by atoms with E-state index in [0.29, 0.717) is 12.0 Å². The summed E-state index contributed by atoms with van der Waals surface area (Å²) >= 11 is 3.36. The zero-order valence-electron chi connectivity index (χ0n) is 10.9. The molecule has 0 bridgehead atoms. The SMILES string of the molecule is Cc1ccc(C(=O)NC2(C)CCS(=O)(=O)C2)c(Br)c1. The Morgan fingerprint density at radius 3 is 2.63 bits per heavy atom. The first-order valence-electron chi connectivity index (χ1n) is 6.00. The Bertz CT molecular complexity index is 627. The molecular formula is C13H16BrNO3S. The van der Waals surface area contributed by atoms with E-state index in [9.17, 15) is 13.2 Å². The standard InChI is InChI=1S/C13H16BrNO3S/c1-9-3-4-10(11(14)7-9)12(16)15-13(2)5-6-19(17,18)8-13/h3-4,7H,5-6,8H2,1-2H3,(H,15,16). The lowest BCUT2D eigenvalue weighted by atomic mass is 10.0. The molecule has 1 aromatic carbocycles. The molecule has 0 radical (unpaired) electrons. The van der Waals surface area contributed by atoms with Crippen molar-refractivity contribution in [3.05, 3.63) is 33.8 Å². The average Bonchev–Trinajstić information content (AvgIpc) is 2.52. The third-order valence-corrected chi connectivity index (χ3v) is 5.85. The van der Waals surface area contributed by atoms with Gasteiger partial charge in [0.2, 0.25) is 0 Å². The van der Waals surface area contributed by atoms with Crippen LogP contribution in [-0.2, 0) is 9.84 Å². The molecule has 0 spiro atoms. The summed E-state index contributed by atoms with van der Waals surface area (Å²) in [7, 11) is -3.03. The predicted molar refractivity (Wildman–Crippen MR) is 78.0 cm³/mol. The molecule has 19 heavy (non-hydrogen) atoms. The molecule has 1 aliphatic heterocycles. The molecule has 1 fully saturated rings. The number of hydrogen-bond acceptors (Lipinski definition) is 3. The summed E-state index contributed by atoms with van der Waals surface area (Å²) in [5.41, 5.74) is 0.912. The summed E-state index contributed by atoms with van der Waals surface area (Å²) in [4.78, 5) is 12.2. The molecule has 1 unspecified atom stereocenters.